The summed E-state index contributed by atoms with van der Waals surface area (Å²) in [6.07, 6.45) is 0. The average Bonchev–Trinajstić information content (AvgIpc) is 2.19. The van der Waals surface area contributed by atoms with E-state index in [0.717, 1.165) is 0 Å². The van der Waals surface area contributed by atoms with Gasteiger partial charge in [0.25, 0.3) is 0 Å². The average molecular weight is 218 g/mol. The maximum absolute atomic E-state index is 11.5. The van der Waals surface area contributed by atoms with Crippen LogP contribution < -0.4 is 5.32 Å². The van der Waals surface area contributed by atoms with Gasteiger partial charge in [0, 0.05) is 19.6 Å². The lowest BCUT2D eigenvalue weighted by Crippen LogP contribution is -2.45. The van der Waals surface area contributed by atoms with Crippen LogP contribution in [0.4, 0.5) is 0 Å². The molecule has 5 heteroatoms. The van der Waals surface area contributed by atoms with Crippen molar-refractivity contribution in [2.45, 2.75) is 26.4 Å². The number of hydrogen-bond donors (Lipinski definition) is 3. The van der Waals surface area contributed by atoms with E-state index in [0.29, 0.717) is 13.1 Å². The van der Waals surface area contributed by atoms with Crippen molar-refractivity contribution in [3.63, 3.8) is 0 Å². The molecule has 0 saturated heterocycles. The van der Waals surface area contributed by atoms with Crippen molar-refractivity contribution in [2.75, 3.05) is 32.8 Å². The van der Waals surface area contributed by atoms with Gasteiger partial charge in [-0.1, -0.05) is 0 Å². The van der Waals surface area contributed by atoms with Crippen LogP contribution in [0.5, 0.6) is 0 Å². The number of aliphatic hydroxyl groups excluding tert-OH is 1. The van der Waals surface area contributed by atoms with Crippen molar-refractivity contribution < 1.29 is 15.0 Å². The Morgan fingerprint density at radius 3 is 2.33 bits per heavy atom. The van der Waals surface area contributed by atoms with Gasteiger partial charge in [-0.25, -0.2) is 0 Å². The van der Waals surface area contributed by atoms with Crippen LogP contribution in [-0.2, 0) is 4.79 Å². The molecule has 0 aliphatic heterocycles. The Hall–Kier alpha value is -0.650. The normalized spacial score (nSPS) is 14.7. The molecule has 0 spiro atoms. The molecule has 1 atom stereocenters. The van der Waals surface area contributed by atoms with Crippen molar-refractivity contribution in [1.29, 1.82) is 0 Å². The van der Waals surface area contributed by atoms with Crippen molar-refractivity contribution in [3.8, 4) is 0 Å². The highest BCUT2D eigenvalue weighted by Gasteiger charge is 2.19. The first-order valence-electron chi connectivity index (χ1n) is 5.28. The third-order valence-electron chi connectivity index (χ3n) is 2.24. The SMILES string of the molecule is CCN(CC)C(=O)CNCC(C)(O)CO. The fraction of sp³-hybridized carbons (Fsp3) is 0.900. The lowest BCUT2D eigenvalue weighted by Gasteiger charge is -2.23. The van der Waals surface area contributed by atoms with E-state index in [9.17, 15) is 9.90 Å². The summed E-state index contributed by atoms with van der Waals surface area (Å²) >= 11 is 0. The highest BCUT2D eigenvalue weighted by atomic mass is 16.3. The van der Waals surface area contributed by atoms with Gasteiger partial charge in [-0.2, -0.15) is 0 Å². The summed E-state index contributed by atoms with van der Waals surface area (Å²) in [5.41, 5.74) is -1.16. The van der Waals surface area contributed by atoms with Crippen LogP contribution in [0.15, 0.2) is 0 Å². The molecule has 0 bridgehead atoms. The van der Waals surface area contributed by atoms with E-state index < -0.39 is 5.60 Å². The van der Waals surface area contributed by atoms with Gasteiger partial charge in [-0.15, -0.1) is 0 Å². The van der Waals surface area contributed by atoms with E-state index in [-0.39, 0.29) is 25.6 Å². The summed E-state index contributed by atoms with van der Waals surface area (Å²) in [6, 6.07) is 0. The fourth-order valence-corrected chi connectivity index (χ4v) is 1.18. The second-order valence-electron chi connectivity index (χ2n) is 3.82. The quantitative estimate of drug-likeness (QED) is 0.522. The molecule has 0 aliphatic rings. The van der Waals surface area contributed by atoms with E-state index in [1.54, 1.807) is 4.90 Å². The highest BCUT2D eigenvalue weighted by molar-refractivity contribution is 5.78. The summed E-state index contributed by atoms with van der Waals surface area (Å²) in [7, 11) is 0. The van der Waals surface area contributed by atoms with E-state index in [2.05, 4.69) is 5.32 Å². The van der Waals surface area contributed by atoms with Gasteiger partial charge >= 0.3 is 0 Å². The van der Waals surface area contributed by atoms with Gasteiger partial charge in [-0.05, 0) is 20.8 Å². The van der Waals surface area contributed by atoms with Crippen LogP contribution >= 0.6 is 0 Å². The Balaban J connectivity index is 3.81. The first-order chi connectivity index (χ1) is 6.96. The lowest BCUT2D eigenvalue weighted by molar-refractivity contribution is -0.130. The molecule has 1 amide bonds. The molecule has 0 aromatic rings. The molecule has 0 rings (SSSR count). The summed E-state index contributed by atoms with van der Waals surface area (Å²) < 4.78 is 0. The molecule has 3 N–H and O–H groups in total. The van der Waals surface area contributed by atoms with Crippen molar-refractivity contribution in [3.05, 3.63) is 0 Å². The highest BCUT2D eigenvalue weighted by Crippen LogP contribution is 1.98. The lowest BCUT2D eigenvalue weighted by atomic mass is 10.1. The molecular formula is C10H22N2O3. The van der Waals surface area contributed by atoms with Gasteiger partial charge in [0.15, 0.2) is 0 Å². The Bertz CT molecular complexity index is 191. The summed E-state index contributed by atoms with van der Waals surface area (Å²) in [5.74, 6) is 0.00809. The predicted molar refractivity (Wildman–Crippen MR) is 58.5 cm³/mol. The van der Waals surface area contributed by atoms with Gasteiger partial charge in [0.2, 0.25) is 5.91 Å². The molecule has 1 unspecified atom stereocenters. The fourth-order valence-electron chi connectivity index (χ4n) is 1.18. The smallest absolute Gasteiger partial charge is 0.236 e. The monoisotopic (exact) mass is 218 g/mol. The number of hydrogen-bond acceptors (Lipinski definition) is 4. The summed E-state index contributed by atoms with van der Waals surface area (Å²) in [5, 5.41) is 21.1. The molecule has 0 fully saturated rings. The number of carbonyl (C=O) groups is 1. The Labute approximate surface area is 91.1 Å². The van der Waals surface area contributed by atoms with Gasteiger partial charge < -0.3 is 20.4 Å². The topological polar surface area (TPSA) is 72.8 Å². The molecule has 5 nitrogen and oxygen atoms in total. The second-order valence-corrected chi connectivity index (χ2v) is 3.82. The number of nitrogens with zero attached hydrogens (tertiary/aromatic N) is 1. The first-order valence-corrected chi connectivity index (χ1v) is 5.28. The van der Waals surface area contributed by atoms with Crippen LogP contribution in [0.25, 0.3) is 0 Å². The number of rotatable bonds is 7. The van der Waals surface area contributed by atoms with Gasteiger partial charge in [-0.3, -0.25) is 4.79 Å². The van der Waals surface area contributed by atoms with Crippen LogP contribution in [-0.4, -0.2) is 59.4 Å². The van der Waals surface area contributed by atoms with Crippen LogP contribution in [0.3, 0.4) is 0 Å². The van der Waals surface area contributed by atoms with Crippen LogP contribution in [0.1, 0.15) is 20.8 Å². The van der Waals surface area contributed by atoms with Crippen LogP contribution in [0.2, 0.25) is 0 Å². The minimum absolute atomic E-state index is 0.00809. The standard InChI is InChI=1S/C10H22N2O3/c1-4-12(5-2)9(14)6-11-7-10(3,15)8-13/h11,13,15H,4-8H2,1-3H3. The third kappa shape index (κ3) is 5.71. The maximum atomic E-state index is 11.5. The molecule has 0 aromatic carbocycles. The number of carbonyl (C=O) groups excluding carboxylic acids is 1. The minimum Gasteiger partial charge on any atom is -0.393 e. The van der Waals surface area contributed by atoms with E-state index >= 15 is 0 Å². The largest absolute Gasteiger partial charge is 0.393 e. The molecule has 0 heterocycles. The van der Waals surface area contributed by atoms with E-state index in [1.807, 2.05) is 13.8 Å². The third-order valence-corrected chi connectivity index (χ3v) is 2.24. The van der Waals surface area contributed by atoms with Crippen LogP contribution in [0, 0.1) is 0 Å². The van der Waals surface area contributed by atoms with E-state index in [4.69, 9.17) is 5.11 Å². The number of likely N-dealkylation sites (N-methyl/N-ethyl adjacent to an activating group) is 1. The maximum Gasteiger partial charge on any atom is 0.236 e. The Kier molecular flexibility index (Phi) is 6.47. The number of nitrogens with one attached hydrogen (secondary N) is 1. The summed E-state index contributed by atoms with van der Waals surface area (Å²) in [6.45, 7) is 6.81. The predicted octanol–water partition coefficient (Wildman–Crippen LogP) is -0.812. The Morgan fingerprint density at radius 2 is 1.93 bits per heavy atom. The van der Waals surface area contributed by atoms with E-state index in [1.165, 1.54) is 6.92 Å². The van der Waals surface area contributed by atoms with Gasteiger partial charge in [0.1, 0.15) is 0 Å². The van der Waals surface area contributed by atoms with Crippen molar-refractivity contribution in [1.82, 2.24) is 10.2 Å². The summed E-state index contributed by atoms with van der Waals surface area (Å²) in [4.78, 5) is 13.2. The number of aliphatic hydroxyl groups is 2. The molecule has 0 saturated carbocycles. The van der Waals surface area contributed by atoms with Gasteiger partial charge in [0.05, 0.1) is 18.8 Å². The molecule has 0 radical (unpaired) electrons. The zero-order valence-corrected chi connectivity index (χ0v) is 9.79. The van der Waals surface area contributed by atoms with Crippen molar-refractivity contribution in [2.24, 2.45) is 0 Å². The molecule has 0 aromatic heterocycles. The Morgan fingerprint density at radius 1 is 1.40 bits per heavy atom. The minimum atomic E-state index is -1.16. The zero-order valence-electron chi connectivity index (χ0n) is 9.79. The molecule has 0 aliphatic carbocycles. The second kappa shape index (κ2) is 6.76. The number of amides is 1. The van der Waals surface area contributed by atoms with Crippen molar-refractivity contribution >= 4 is 5.91 Å². The first kappa shape index (κ1) is 14.3. The molecule has 90 valence electrons. The molecule has 15 heavy (non-hydrogen) atoms. The zero-order chi connectivity index (χ0) is 11.9. The molecular weight excluding hydrogens is 196 g/mol.